The summed E-state index contributed by atoms with van der Waals surface area (Å²) in [5, 5.41) is 3.04. The lowest BCUT2D eigenvalue weighted by Gasteiger charge is -2.10. The number of anilines is 1. The zero-order chi connectivity index (χ0) is 15.2. The van der Waals surface area contributed by atoms with Crippen LogP contribution in [0.4, 0.5) is 18.9 Å². The molecule has 0 aliphatic carbocycles. The van der Waals surface area contributed by atoms with Gasteiger partial charge >= 0.3 is 5.51 Å². The maximum Gasteiger partial charge on any atom is 0.501 e. The van der Waals surface area contributed by atoms with Crippen LogP contribution in [0.15, 0.2) is 29.2 Å². The van der Waals surface area contributed by atoms with Crippen LogP contribution in [0.25, 0.3) is 0 Å². The fourth-order valence-corrected chi connectivity index (χ4v) is 2.43. The van der Waals surface area contributed by atoms with Crippen LogP contribution in [-0.2, 0) is 9.84 Å². The van der Waals surface area contributed by atoms with Gasteiger partial charge in [0.1, 0.15) is 0 Å². The quantitative estimate of drug-likeness (QED) is 0.775. The van der Waals surface area contributed by atoms with E-state index in [-0.39, 0.29) is 0 Å². The molecular weight excluding hydrogens is 291 g/mol. The number of rotatable bonds is 7. The topological polar surface area (TPSA) is 46.2 Å². The number of alkyl halides is 3. The number of nitrogens with one attached hydrogen (secondary N) is 1. The molecule has 1 aromatic rings. The summed E-state index contributed by atoms with van der Waals surface area (Å²) in [5.74, 6) is 0. The van der Waals surface area contributed by atoms with Crippen LogP contribution in [0.3, 0.4) is 0 Å². The lowest BCUT2D eigenvalue weighted by Crippen LogP contribution is -2.23. The minimum absolute atomic E-state index is 0.614. The van der Waals surface area contributed by atoms with Crippen LogP contribution in [0.2, 0.25) is 0 Å². The third-order valence-electron chi connectivity index (χ3n) is 2.83. The van der Waals surface area contributed by atoms with E-state index >= 15 is 0 Å². The first-order valence-electron chi connectivity index (χ1n) is 6.44. The van der Waals surface area contributed by atoms with E-state index in [2.05, 4.69) is 12.2 Å². The van der Waals surface area contributed by atoms with E-state index in [1.54, 1.807) is 0 Å². The van der Waals surface area contributed by atoms with Gasteiger partial charge in [-0.2, -0.15) is 13.2 Å². The second-order valence-electron chi connectivity index (χ2n) is 4.46. The number of hydrogen-bond acceptors (Lipinski definition) is 3. The van der Waals surface area contributed by atoms with E-state index < -0.39 is 20.2 Å². The highest BCUT2D eigenvalue weighted by Crippen LogP contribution is 2.30. The van der Waals surface area contributed by atoms with Crippen molar-refractivity contribution in [3.63, 3.8) is 0 Å². The monoisotopic (exact) mass is 309 g/mol. The normalized spacial score (nSPS) is 12.4. The zero-order valence-electron chi connectivity index (χ0n) is 11.2. The smallest absolute Gasteiger partial charge is 0.385 e. The summed E-state index contributed by atoms with van der Waals surface area (Å²) < 4.78 is 59.3. The molecule has 7 heteroatoms. The average molecular weight is 309 g/mol. The second kappa shape index (κ2) is 6.97. The Kier molecular flexibility index (Phi) is 5.86. The molecule has 0 unspecified atom stereocenters. The highest BCUT2D eigenvalue weighted by molar-refractivity contribution is 7.92. The molecule has 1 N–H and O–H groups in total. The van der Waals surface area contributed by atoms with Crippen molar-refractivity contribution < 1.29 is 21.6 Å². The summed E-state index contributed by atoms with van der Waals surface area (Å²) in [5.41, 5.74) is -4.65. The summed E-state index contributed by atoms with van der Waals surface area (Å²) in [6.07, 6.45) is 4.33. The SMILES string of the molecule is CCCCCCNc1ccc(S(=O)(=O)C(F)(F)F)cc1. The largest absolute Gasteiger partial charge is 0.501 e. The van der Waals surface area contributed by atoms with Gasteiger partial charge in [-0.15, -0.1) is 0 Å². The second-order valence-corrected chi connectivity index (χ2v) is 6.40. The lowest BCUT2D eigenvalue weighted by molar-refractivity contribution is -0.0436. The van der Waals surface area contributed by atoms with Crippen LogP contribution in [-0.4, -0.2) is 20.5 Å². The molecule has 0 radical (unpaired) electrons. The van der Waals surface area contributed by atoms with Crippen LogP contribution >= 0.6 is 0 Å². The van der Waals surface area contributed by atoms with Gasteiger partial charge in [-0.1, -0.05) is 26.2 Å². The standard InChI is InChI=1S/C13H18F3NO2S/c1-2-3-4-5-10-17-11-6-8-12(9-7-11)20(18,19)13(14,15)16/h6-9,17H,2-5,10H2,1H3. The Morgan fingerprint density at radius 2 is 1.65 bits per heavy atom. The number of halogens is 3. The van der Waals surface area contributed by atoms with E-state index in [4.69, 9.17) is 0 Å². The van der Waals surface area contributed by atoms with Crippen molar-refractivity contribution in [2.75, 3.05) is 11.9 Å². The molecule has 0 bridgehead atoms. The van der Waals surface area contributed by atoms with Gasteiger partial charge in [-0.05, 0) is 30.7 Å². The van der Waals surface area contributed by atoms with Gasteiger partial charge in [0.15, 0.2) is 0 Å². The summed E-state index contributed by atoms with van der Waals surface area (Å²) in [7, 11) is -5.25. The van der Waals surface area contributed by atoms with E-state index in [1.165, 1.54) is 12.1 Å². The third kappa shape index (κ3) is 4.40. The maximum atomic E-state index is 12.3. The Morgan fingerprint density at radius 3 is 2.15 bits per heavy atom. The van der Waals surface area contributed by atoms with E-state index in [1.807, 2.05) is 0 Å². The molecule has 0 aliphatic heterocycles. The van der Waals surface area contributed by atoms with Gasteiger partial charge in [0.05, 0.1) is 4.90 Å². The molecule has 0 saturated carbocycles. The Morgan fingerprint density at radius 1 is 1.05 bits per heavy atom. The molecule has 0 spiro atoms. The predicted molar refractivity (Wildman–Crippen MR) is 72.3 cm³/mol. The van der Waals surface area contributed by atoms with Gasteiger partial charge in [0, 0.05) is 12.2 Å². The fraction of sp³-hybridized carbons (Fsp3) is 0.538. The summed E-state index contributed by atoms with van der Waals surface area (Å²) in [6.45, 7) is 2.82. The van der Waals surface area contributed by atoms with E-state index in [0.29, 0.717) is 12.2 Å². The maximum absolute atomic E-state index is 12.3. The summed E-state index contributed by atoms with van der Waals surface area (Å²) in [4.78, 5) is -0.735. The first-order valence-corrected chi connectivity index (χ1v) is 7.92. The van der Waals surface area contributed by atoms with E-state index in [0.717, 1.165) is 37.8 Å². The van der Waals surface area contributed by atoms with Crippen LogP contribution in [0.1, 0.15) is 32.6 Å². The Hall–Kier alpha value is -1.24. The van der Waals surface area contributed by atoms with Gasteiger partial charge in [0.2, 0.25) is 0 Å². The number of hydrogen-bond donors (Lipinski definition) is 1. The molecule has 0 aliphatic rings. The predicted octanol–water partition coefficient (Wildman–Crippen LogP) is 3.97. The minimum atomic E-state index is -5.26. The van der Waals surface area contributed by atoms with Crippen molar-refractivity contribution in [2.45, 2.75) is 43.0 Å². The minimum Gasteiger partial charge on any atom is -0.385 e. The molecule has 0 atom stereocenters. The molecule has 0 heterocycles. The molecule has 3 nitrogen and oxygen atoms in total. The molecule has 0 amide bonds. The number of sulfone groups is 1. The molecule has 0 aromatic heterocycles. The van der Waals surface area contributed by atoms with E-state index in [9.17, 15) is 21.6 Å². The molecule has 114 valence electrons. The van der Waals surface area contributed by atoms with Crippen molar-refractivity contribution in [1.29, 1.82) is 0 Å². The Balaban J connectivity index is 2.61. The molecular formula is C13H18F3NO2S. The summed E-state index contributed by atoms with van der Waals surface area (Å²) in [6, 6.07) is 4.63. The molecule has 1 aromatic carbocycles. The third-order valence-corrected chi connectivity index (χ3v) is 4.33. The Bertz CT molecular complexity index is 509. The van der Waals surface area contributed by atoms with Crippen LogP contribution in [0, 0.1) is 0 Å². The Labute approximate surface area is 117 Å². The fourth-order valence-electron chi connectivity index (χ4n) is 1.67. The van der Waals surface area contributed by atoms with Crippen molar-refractivity contribution >= 4 is 15.5 Å². The number of benzene rings is 1. The van der Waals surface area contributed by atoms with Crippen molar-refractivity contribution in [3.05, 3.63) is 24.3 Å². The first-order chi connectivity index (χ1) is 9.29. The lowest BCUT2D eigenvalue weighted by atomic mass is 10.2. The van der Waals surface area contributed by atoms with Crippen LogP contribution < -0.4 is 5.32 Å². The highest BCUT2D eigenvalue weighted by atomic mass is 32.2. The summed E-state index contributed by atoms with van der Waals surface area (Å²) >= 11 is 0. The first kappa shape index (κ1) is 16.8. The molecule has 1 rings (SSSR count). The number of unbranched alkanes of at least 4 members (excludes halogenated alkanes) is 3. The van der Waals surface area contributed by atoms with Crippen molar-refractivity contribution in [1.82, 2.24) is 0 Å². The highest BCUT2D eigenvalue weighted by Gasteiger charge is 2.46. The van der Waals surface area contributed by atoms with Gasteiger partial charge in [-0.3, -0.25) is 0 Å². The van der Waals surface area contributed by atoms with Crippen LogP contribution in [0.5, 0.6) is 0 Å². The van der Waals surface area contributed by atoms with Gasteiger partial charge < -0.3 is 5.32 Å². The van der Waals surface area contributed by atoms with Gasteiger partial charge in [-0.25, -0.2) is 8.42 Å². The zero-order valence-corrected chi connectivity index (χ0v) is 12.0. The van der Waals surface area contributed by atoms with Crippen molar-refractivity contribution in [2.24, 2.45) is 0 Å². The molecule has 0 saturated heterocycles. The van der Waals surface area contributed by atoms with Crippen molar-refractivity contribution in [3.8, 4) is 0 Å². The molecule has 20 heavy (non-hydrogen) atoms. The molecule has 0 fully saturated rings. The van der Waals surface area contributed by atoms with Gasteiger partial charge in [0.25, 0.3) is 9.84 Å². The average Bonchev–Trinajstić information content (AvgIpc) is 2.38.